The number of hydrogen-bond acceptors (Lipinski definition) is 2. The highest BCUT2D eigenvalue weighted by molar-refractivity contribution is 7.07. The van der Waals surface area contributed by atoms with Gasteiger partial charge in [-0.15, -0.1) is 35.3 Å². The van der Waals surface area contributed by atoms with Crippen molar-refractivity contribution in [2.24, 2.45) is 4.99 Å². The Morgan fingerprint density at radius 3 is 2.59 bits per heavy atom. The van der Waals surface area contributed by atoms with Gasteiger partial charge in [-0.3, -0.25) is 4.99 Å². The van der Waals surface area contributed by atoms with Crippen LogP contribution in [0.1, 0.15) is 45.2 Å². The molecule has 0 saturated heterocycles. The maximum Gasteiger partial charge on any atom is 0.184 e. The molecular weight excluding hydrogens is 275 g/mol. The van der Waals surface area contributed by atoms with E-state index in [4.69, 9.17) is 11.6 Å². The summed E-state index contributed by atoms with van der Waals surface area (Å²) >= 11 is 7.64. The standard InChI is InChI=1S/C12H21ClN2S.ClH/c1-3-5-7-14-12-15(8-6-4-2)11(9-13)10-16-12;/h10H,3-9H2,1-2H3;1H. The molecule has 1 aromatic rings. The molecule has 0 unspecified atom stereocenters. The predicted molar refractivity (Wildman–Crippen MR) is 79.4 cm³/mol. The average Bonchev–Trinajstić information content (AvgIpc) is 2.69. The first-order valence-electron chi connectivity index (χ1n) is 6.07. The van der Waals surface area contributed by atoms with E-state index in [1.54, 1.807) is 11.3 Å². The average molecular weight is 297 g/mol. The van der Waals surface area contributed by atoms with E-state index in [0.29, 0.717) is 5.88 Å². The zero-order valence-electron chi connectivity index (χ0n) is 10.6. The lowest BCUT2D eigenvalue weighted by Gasteiger charge is -2.05. The molecule has 1 rings (SSSR count). The molecule has 0 fully saturated rings. The second kappa shape index (κ2) is 9.98. The van der Waals surface area contributed by atoms with Gasteiger partial charge in [0.05, 0.1) is 5.88 Å². The van der Waals surface area contributed by atoms with E-state index < -0.39 is 0 Å². The molecule has 0 saturated carbocycles. The summed E-state index contributed by atoms with van der Waals surface area (Å²) in [6, 6.07) is 0. The molecular formula is C12H22Cl2N2S. The number of alkyl halides is 1. The molecule has 0 radical (unpaired) electrons. The quantitative estimate of drug-likeness (QED) is 0.530. The number of rotatable bonds is 7. The number of nitrogens with zero attached hydrogens (tertiary/aromatic N) is 2. The second-order valence-corrected chi connectivity index (χ2v) is 4.99. The minimum absolute atomic E-state index is 0. The van der Waals surface area contributed by atoms with Gasteiger partial charge in [0.1, 0.15) is 0 Å². The van der Waals surface area contributed by atoms with Gasteiger partial charge in [0.25, 0.3) is 0 Å². The molecule has 0 aliphatic rings. The van der Waals surface area contributed by atoms with Crippen LogP contribution >= 0.6 is 35.3 Å². The van der Waals surface area contributed by atoms with E-state index in [1.165, 1.54) is 31.4 Å². The van der Waals surface area contributed by atoms with Crippen LogP contribution in [0.2, 0.25) is 0 Å². The maximum atomic E-state index is 5.93. The Balaban J connectivity index is 0.00000256. The van der Waals surface area contributed by atoms with Crippen molar-refractivity contribution in [1.82, 2.24) is 4.57 Å². The summed E-state index contributed by atoms with van der Waals surface area (Å²) in [5.74, 6) is 0.587. The summed E-state index contributed by atoms with van der Waals surface area (Å²) in [5, 5.41) is 2.13. The highest BCUT2D eigenvalue weighted by Gasteiger charge is 2.03. The topological polar surface area (TPSA) is 17.3 Å². The molecule has 17 heavy (non-hydrogen) atoms. The highest BCUT2D eigenvalue weighted by atomic mass is 35.5. The van der Waals surface area contributed by atoms with Crippen molar-refractivity contribution >= 4 is 35.3 Å². The van der Waals surface area contributed by atoms with Gasteiger partial charge in [-0.1, -0.05) is 26.7 Å². The smallest absolute Gasteiger partial charge is 0.184 e. The molecule has 1 aromatic heterocycles. The molecule has 0 amide bonds. The first kappa shape index (κ1) is 17.0. The van der Waals surface area contributed by atoms with E-state index >= 15 is 0 Å². The van der Waals surface area contributed by atoms with Crippen molar-refractivity contribution in [3.8, 4) is 0 Å². The molecule has 0 bridgehead atoms. The predicted octanol–water partition coefficient (Wildman–Crippen LogP) is 4.21. The molecule has 0 spiro atoms. The van der Waals surface area contributed by atoms with Crippen LogP contribution in [0, 0.1) is 0 Å². The van der Waals surface area contributed by atoms with Gasteiger partial charge in [0.15, 0.2) is 4.80 Å². The molecule has 0 aromatic carbocycles. The van der Waals surface area contributed by atoms with Crippen molar-refractivity contribution in [3.05, 3.63) is 15.9 Å². The Kier molecular flexibility index (Phi) is 9.99. The van der Waals surface area contributed by atoms with Crippen LogP contribution in [0.3, 0.4) is 0 Å². The third-order valence-electron chi connectivity index (χ3n) is 2.51. The first-order valence-corrected chi connectivity index (χ1v) is 7.48. The number of unbranched alkanes of at least 4 members (excludes halogenated alkanes) is 2. The Morgan fingerprint density at radius 2 is 2.00 bits per heavy atom. The van der Waals surface area contributed by atoms with E-state index in [0.717, 1.165) is 17.9 Å². The molecule has 0 N–H and O–H groups in total. The van der Waals surface area contributed by atoms with Crippen molar-refractivity contribution in [2.75, 3.05) is 6.54 Å². The lowest BCUT2D eigenvalue weighted by molar-refractivity contribution is 0.597. The van der Waals surface area contributed by atoms with Crippen molar-refractivity contribution < 1.29 is 0 Å². The molecule has 1 heterocycles. The van der Waals surface area contributed by atoms with Crippen molar-refractivity contribution in [2.45, 2.75) is 52.0 Å². The molecule has 2 nitrogen and oxygen atoms in total. The van der Waals surface area contributed by atoms with Crippen LogP contribution in [0.5, 0.6) is 0 Å². The minimum atomic E-state index is 0. The lowest BCUT2D eigenvalue weighted by Crippen LogP contribution is -2.17. The van der Waals surface area contributed by atoms with E-state index in [-0.39, 0.29) is 12.4 Å². The number of aromatic nitrogens is 1. The SMILES string of the molecule is CCCCN=c1scc(CCl)n1CCCC.Cl. The summed E-state index contributed by atoms with van der Waals surface area (Å²) in [5.41, 5.74) is 1.20. The van der Waals surface area contributed by atoms with Crippen LogP contribution in [0.15, 0.2) is 10.4 Å². The molecule has 5 heteroatoms. The summed E-state index contributed by atoms with van der Waals surface area (Å²) in [7, 11) is 0. The second-order valence-electron chi connectivity index (χ2n) is 3.88. The van der Waals surface area contributed by atoms with Crippen LogP contribution in [0.4, 0.5) is 0 Å². The Bertz CT molecular complexity index is 358. The number of halogens is 2. The maximum absolute atomic E-state index is 5.93. The third kappa shape index (κ3) is 5.45. The number of hydrogen-bond donors (Lipinski definition) is 0. The molecule has 100 valence electrons. The van der Waals surface area contributed by atoms with Gasteiger partial charge in [0, 0.05) is 24.2 Å². The number of thiazole rings is 1. The fraction of sp³-hybridized carbons (Fsp3) is 0.750. The Hall–Kier alpha value is 0.01000. The Morgan fingerprint density at radius 1 is 1.29 bits per heavy atom. The first-order chi connectivity index (χ1) is 7.83. The summed E-state index contributed by atoms with van der Waals surface area (Å²) < 4.78 is 2.27. The van der Waals surface area contributed by atoms with E-state index in [1.807, 2.05) is 0 Å². The van der Waals surface area contributed by atoms with Crippen molar-refractivity contribution in [3.63, 3.8) is 0 Å². The van der Waals surface area contributed by atoms with Gasteiger partial charge in [-0.2, -0.15) is 0 Å². The monoisotopic (exact) mass is 296 g/mol. The fourth-order valence-corrected chi connectivity index (χ4v) is 2.75. The zero-order chi connectivity index (χ0) is 11.8. The molecule has 0 aliphatic heterocycles. The van der Waals surface area contributed by atoms with E-state index in [9.17, 15) is 0 Å². The van der Waals surface area contributed by atoms with Gasteiger partial charge >= 0.3 is 0 Å². The van der Waals surface area contributed by atoms with Crippen LogP contribution in [-0.4, -0.2) is 11.1 Å². The largest absolute Gasteiger partial charge is 0.320 e. The summed E-state index contributed by atoms with van der Waals surface area (Å²) in [6.07, 6.45) is 4.77. The fourth-order valence-electron chi connectivity index (χ4n) is 1.49. The van der Waals surface area contributed by atoms with Gasteiger partial charge in [-0.25, -0.2) is 0 Å². The van der Waals surface area contributed by atoms with Gasteiger partial charge < -0.3 is 4.57 Å². The molecule has 0 aliphatic carbocycles. The molecule has 0 atom stereocenters. The third-order valence-corrected chi connectivity index (χ3v) is 3.73. The van der Waals surface area contributed by atoms with Gasteiger partial charge in [-0.05, 0) is 12.8 Å². The van der Waals surface area contributed by atoms with E-state index in [2.05, 4.69) is 28.8 Å². The summed E-state index contributed by atoms with van der Waals surface area (Å²) in [6.45, 7) is 6.39. The Labute approximate surface area is 119 Å². The van der Waals surface area contributed by atoms with Crippen LogP contribution in [0.25, 0.3) is 0 Å². The summed E-state index contributed by atoms with van der Waals surface area (Å²) in [4.78, 5) is 5.78. The highest BCUT2D eigenvalue weighted by Crippen LogP contribution is 2.07. The van der Waals surface area contributed by atoms with Crippen molar-refractivity contribution in [1.29, 1.82) is 0 Å². The normalized spacial score (nSPS) is 11.6. The lowest BCUT2D eigenvalue weighted by atomic mass is 10.3. The van der Waals surface area contributed by atoms with Crippen LogP contribution in [-0.2, 0) is 12.4 Å². The van der Waals surface area contributed by atoms with Crippen LogP contribution < -0.4 is 4.80 Å². The van der Waals surface area contributed by atoms with Gasteiger partial charge in [0.2, 0.25) is 0 Å². The minimum Gasteiger partial charge on any atom is -0.320 e. The zero-order valence-corrected chi connectivity index (χ0v) is 13.0.